The van der Waals surface area contributed by atoms with Crippen molar-refractivity contribution in [3.8, 4) is 0 Å². The smallest absolute Gasteiger partial charge is 0.193 e. The maximum Gasteiger partial charge on any atom is 0.193 e. The first-order valence-electron chi connectivity index (χ1n) is 9.43. The zero-order valence-corrected chi connectivity index (χ0v) is 18.1. The van der Waals surface area contributed by atoms with Gasteiger partial charge in [0.1, 0.15) is 0 Å². The number of anilines is 1. The van der Waals surface area contributed by atoms with Crippen molar-refractivity contribution in [3.05, 3.63) is 82.6 Å². The molecule has 0 radical (unpaired) electrons. The molecule has 2 aromatic rings. The lowest BCUT2D eigenvalue weighted by atomic mass is 10.1. The van der Waals surface area contributed by atoms with Crippen molar-refractivity contribution in [2.75, 3.05) is 31.1 Å². The van der Waals surface area contributed by atoms with Crippen LogP contribution in [0.25, 0.3) is 0 Å². The third kappa shape index (κ3) is 3.84. The fraction of sp³-hybridized carbons (Fsp3) is 0.261. The van der Waals surface area contributed by atoms with Gasteiger partial charge >= 0.3 is 0 Å². The molecule has 0 aromatic heterocycles. The first-order chi connectivity index (χ1) is 14.1. The van der Waals surface area contributed by atoms with Gasteiger partial charge in [0.2, 0.25) is 0 Å². The van der Waals surface area contributed by atoms with Gasteiger partial charge in [-0.1, -0.05) is 54.7 Å². The molecule has 0 saturated carbocycles. The van der Waals surface area contributed by atoms with E-state index in [4.69, 9.17) is 9.47 Å². The summed E-state index contributed by atoms with van der Waals surface area (Å²) in [6.45, 7) is 6.82. The number of fused-ring (bicyclic) bond motifs is 2. The van der Waals surface area contributed by atoms with Crippen molar-refractivity contribution in [1.29, 1.82) is 0 Å². The van der Waals surface area contributed by atoms with E-state index in [0.29, 0.717) is 18.9 Å². The monoisotopic (exact) mass is 425 g/mol. The molecule has 0 bridgehead atoms. The zero-order valence-electron chi connectivity index (χ0n) is 16.5. The molecule has 29 heavy (non-hydrogen) atoms. The Kier molecular flexibility index (Phi) is 6.04. The summed E-state index contributed by atoms with van der Waals surface area (Å²) >= 11 is 3.38. The largest absolute Gasteiger partial charge is 0.473 e. The molecule has 4 nitrogen and oxygen atoms in total. The van der Waals surface area contributed by atoms with E-state index in [-0.39, 0.29) is 17.8 Å². The number of allylic oxidation sites excluding steroid dienone is 1. The van der Waals surface area contributed by atoms with Gasteiger partial charge in [0.25, 0.3) is 0 Å². The second-order valence-electron chi connectivity index (χ2n) is 6.84. The molecule has 1 unspecified atom stereocenters. The maximum atomic E-state index is 13.3. The summed E-state index contributed by atoms with van der Waals surface area (Å²) in [4.78, 5) is 16.7. The van der Waals surface area contributed by atoms with E-state index in [0.717, 1.165) is 32.3 Å². The molecule has 2 aliphatic rings. The Labute approximate surface area is 180 Å². The first kappa shape index (κ1) is 20.1. The lowest BCUT2D eigenvalue weighted by Gasteiger charge is -2.23. The predicted molar refractivity (Wildman–Crippen MR) is 120 cm³/mol. The molecule has 0 N–H and O–H groups in total. The van der Waals surface area contributed by atoms with E-state index in [1.165, 1.54) is 0 Å². The van der Waals surface area contributed by atoms with Gasteiger partial charge in [0, 0.05) is 22.6 Å². The average molecular weight is 426 g/mol. The summed E-state index contributed by atoms with van der Waals surface area (Å²) in [7, 11) is 0. The van der Waals surface area contributed by atoms with Crippen LogP contribution in [0.1, 0.15) is 28.1 Å². The topological polar surface area (TPSA) is 38.8 Å². The summed E-state index contributed by atoms with van der Waals surface area (Å²) in [6.07, 6.45) is 2.07. The molecular weight excluding hydrogens is 402 g/mol. The summed E-state index contributed by atoms with van der Waals surface area (Å²) in [5.74, 6) is 0.763. The van der Waals surface area contributed by atoms with Crippen LogP contribution in [-0.2, 0) is 9.47 Å². The van der Waals surface area contributed by atoms with Crippen LogP contribution >= 0.6 is 23.5 Å². The van der Waals surface area contributed by atoms with Crippen molar-refractivity contribution in [1.82, 2.24) is 0 Å². The van der Waals surface area contributed by atoms with Crippen LogP contribution in [0.4, 0.5) is 5.69 Å². The maximum absolute atomic E-state index is 13.3. The van der Waals surface area contributed by atoms with E-state index in [1.807, 2.05) is 30.3 Å². The molecule has 1 aliphatic carbocycles. The van der Waals surface area contributed by atoms with Crippen molar-refractivity contribution in [2.45, 2.75) is 17.1 Å². The summed E-state index contributed by atoms with van der Waals surface area (Å²) in [5.41, 5.74) is 3.91. The number of carbonyl (C=O) groups excluding carboxylic acids is 1. The number of benzene rings is 2. The minimum Gasteiger partial charge on any atom is -0.473 e. The normalized spacial score (nSPS) is 20.0. The summed E-state index contributed by atoms with van der Waals surface area (Å²) < 4.78 is 10.9. The van der Waals surface area contributed by atoms with Gasteiger partial charge in [-0.15, -0.1) is 0 Å². The van der Waals surface area contributed by atoms with Gasteiger partial charge in [-0.2, -0.15) is 11.8 Å². The Morgan fingerprint density at radius 3 is 2.76 bits per heavy atom. The van der Waals surface area contributed by atoms with Crippen LogP contribution in [0.3, 0.4) is 0 Å². The predicted octanol–water partition coefficient (Wildman–Crippen LogP) is 5.64. The Balaban J connectivity index is 1.66. The number of para-hydroxylation sites is 1. The average Bonchev–Trinajstić information content (AvgIpc) is 3.22. The minimum absolute atomic E-state index is 0.0469. The fourth-order valence-electron chi connectivity index (χ4n) is 3.62. The quantitative estimate of drug-likeness (QED) is 0.248. The SMILES string of the molecule is C=C(C)OCOCCN1/C(=C2/C(=O)c3ccccc3C2SC)Sc2ccccc21. The standard InChI is InChI=1S/C23H23NO3S2/c1-15(2)27-14-26-13-12-24-18-10-6-7-11-19(18)29-23(24)20-21(25)16-8-4-5-9-17(16)22(20)28-3/h4-11,22H,1,12-14H2,2-3H3/b23-20+. The number of ether oxygens (including phenoxy) is 2. The lowest BCUT2D eigenvalue weighted by Crippen LogP contribution is -2.25. The minimum atomic E-state index is 0.0469. The Bertz CT molecular complexity index is 986. The lowest BCUT2D eigenvalue weighted by molar-refractivity contribution is -0.0188. The number of nitrogens with zero attached hydrogens (tertiary/aromatic N) is 1. The highest BCUT2D eigenvalue weighted by Gasteiger charge is 2.40. The number of carbonyl (C=O) groups is 1. The summed E-state index contributed by atoms with van der Waals surface area (Å²) in [6, 6.07) is 16.2. The van der Waals surface area contributed by atoms with E-state index in [9.17, 15) is 4.79 Å². The third-order valence-corrected chi connectivity index (χ3v) is 7.08. The molecular formula is C23H23NO3S2. The highest BCUT2D eigenvalue weighted by Crippen LogP contribution is 2.53. The number of hydrogen-bond donors (Lipinski definition) is 0. The summed E-state index contributed by atoms with van der Waals surface area (Å²) in [5, 5.41) is 1.06. The molecule has 0 fully saturated rings. The van der Waals surface area contributed by atoms with Crippen LogP contribution in [-0.4, -0.2) is 32.0 Å². The number of thioether (sulfide) groups is 2. The first-order valence-corrected chi connectivity index (χ1v) is 11.5. The number of rotatable bonds is 7. The van der Waals surface area contributed by atoms with Crippen molar-refractivity contribution >= 4 is 35.0 Å². The van der Waals surface area contributed by atoms with Gasteiger partial charge in [0.05, 0.1) is 28.3 Å². The van der Waals surface area contributed by atoms with Crippen LogP contribution < -0.4 is 4.90 Å². The van der Waals surface area contributed by atoms with E-state index >= 15 is 0 Å². The Morgan fingerprint density at radius 1 is 1.21 bits per heavy atom. The van der Waals surface area contributed by atoms with Crippen LogP contribution in [0.2, 0.25) is 0 Å². The van der Waals surface area contributed by atoms with Gasteiger partial charge in [-0.25, -0.2) is 0 Å². The Morgan fingerprint density at radius 2 is 1.97 bits per heavy atom. The van der Waals surface area contributed by atoms with Crippen molar-refractivity contribution in [3.63, 3.8) is 0 Å². The Hall–Kier alpha value is -2.15. The van der Waals surface area contributed by atoms with Gasteiger partial charge in [-0.3, -0.25) is 4.79 Å². The molecule has 1 atom stereocenters. The second kappa shape index (κ2) is 8.69. The molecule has 2 aromatic carbocycles. The van der Waals surface area contributed by atoms with Crippen LogP contribution in [0, 0.1) is 0 Å². The van der Waals surface area contributed by atoms with Gasteiger partial charge in [-0.05, 0) is 30.9 Å². The molecule has 6 heteroatoms. The van der Waals surface area contributed by atoms with Gasteiger partial charge < -0.3 is 14.4 Å². The van der Waals surface area contributed by atoms with Crippen LogP contribution in [0.5, 0.6) is 0 Å². The molecule has 4 rings (SSSR count). The molecule has 1 aliphatic heterocycles. The van der Waals surface area contributed by atoms with Crippen LogP contribution in [0.15, 0.2) is 76.4 Å². The fourth-order valence-corrected chi connectivity index (χ4v) is 5.87. The highest BCUT2D eigenvalue weighted by atomic mass is 32.2. The molecule has 0 amide bonds. The number of ketones is 1. The number of hydrogen-bond acceptors (Lipinski definition) is 6. The van der Waals surface area contributed by atoms with Crippen molar-refractivity contribution in [2.24, 2.45) is 0 Å². The van der Waals surface area contributed by atoms with Crippen molar-refractivity contribution < 1.29 is 14.3 Å². The van der Waals surface area contributed by atoms with E-state index < -0.39 is 0 Å². The van der Waals surface area contributed by atoms with Gasteiger partial charge in [0.15, 0.2) is 12.6 Å². The zero-order chi connectivity index (χ0) is 20.4. The molecule has 0 spiro atoms. The third-order valence-electron chi connectivity index (χ3n) is 4.92. The van der Waals surface area contributed by atoms with E-state index in [2.05, 4.69) is 35.9 Å². The molecule has 1 heterocycles. The highest BCUT2D eigenvalue weighted by molar-refractivity contribution is 8.04. The second-order valence-corrected chi connectivity index (χ2v) is 8.82. The number of Topliss-reactive ketones (excluding diaryl/α,β-unsaturated/α-hetero) is 1. The molecule has 150 valence electrons. The van der Waals surface area contributed by atoms with E-state index in [1.54, 1.807) is 30.4 Å². The molecule has 0 saturated heterocycles.